The van der Waals surface area contributed by atoms with Crippen LogP contribution >= 0.6 is 0 Å². The van der Waals surface area contributed by atoms with E-state index in [0.717, 1.165) is 23.2 Å². The summed E-state index contributed by atoms with van der Waals surface area (Å²) in [5, 5.41) is 2.80. The number of nitrogens with one attached hydrogen (secondary N) is 1. The first-order valence-electron chi connectivity index (χ1n) is 11.0. The number of ether oxygens (including phenoxy) is 1. The van der Waals surface area contributed by atoms with E-state index in [-0.39, 0.29) is 23.5 Å². The Kier molecular flexibility index (Phi) is 3.42. The molecule has 31 heavy (non-hydrogen) atoms. The van der Waals surface area contributed by atoms with Gasteiger partial charge in [-0.25, -0.2) is 8.42 Å². The molecule has 0 spiro atoms. The lowest BCUT2D eigenvalue weighted by molar-refractivity contribution is -0.0587. The summed E-state index contributed by atoms with van der Waals surface area (Å²) in [6.07, 6.45) is 0. The van der Waals surface area contributed by atoms with Crippen molar-refractivity contribution in [2.75, 3.05) is 12.3 Å². The van der Waals surface area contributed by atoms with Gasteiger partial charge in [-0.3, -0.25) is 0 Å². The molecule has 8 rings (SSSR count). The van der Waals surface area contributed by atoms with Crippen LogP contribution in [0.3, 0.4) is 0 Å². The highest BCUT2D eigenvalue weighted by atomic mass is 32.2. The van der Waals surface area contributed by atoms with Crippen molar-refractivity contribution >= 4 is 9.84 Å². The molecule has 0 saturated carbocycles. The molecule has 156 valence electrons. The molecule has 4 saturated heterocycles. The normalized spacial score (nSPS) is 38.6. The SMILES string of the molecule is O=S1(=O)C[C@H]2CN[C@H]1[C@@H]1[C@H]2[C@@]2(c3ccccc3)O[C@@]1(c1ccccc1)c1ccccc12. The average molecular weight is 430 g/mol. The van der Waals surface area contributed by atoms with E-state index in [1.807, 2.05) is 30.3 Å². The van der Waals surface area contributed by atoms with Crippen molar-refractivity contribution in [3.05, 3.63) is 107 Å². The predicted octanol–water partition coefficient (Wildman–Crippen LogP) is 3.42. The van der Waals surface area contributed by atoms with Crippen LogP contribution in [-0.2, 0) is 25.8 Å². The van der Waals surface area contributed by atoms with Crippen molar-refractivity contribution in [2.24, 2.45) is 17.8 Å². The van der Waals surface area contributed by atoms with E-state index in [2.05, 4.69) is 59.9 Å². The van der Waals surface area contributed by atoms with Crippen LogP contribution in [0.4, 0.5) is 0 Å². The number of hydrogen-bond donors (Lipinski definition) is 1. The summed E-state index contributed by atoms with van der Waals surface area (Å²) in [5.74, 6) is 0.165. The molecule has 5 aliphatic heterocycles. The van der Waals surface area contributed by atoms with Gasteiger partial charge in [0.1, 0.15) is 16.6 Å². The fraction of sp³-hybridized carbons (Fsp3) is 0.308. The lowest BCUT2D eigenvalue weighted by Gasteiger charge is -2.54. The second-order valence-electron chi connectivity index (χ2n) is 9.32. The van der Waals surface area contributed by atoms with Crippen LogP contribution < -0.4 is 5.32 Å². The van der Waals surface area contributed by atoms with Crippen LogP contribution in [0.15, 0.2) is 84.9 Å². The van der Waals surface area contributed by atoms with E-state index in [9.17, 15) is 8.42 Å². The summed E-state index contributed by atoms with van der Waals surface area (Å²) in [7, 11) is -3.25. The summed E-state index contributed by atoms with van der Waals surface area (Å²) in [4.78, 5) is 0. The van der Waals surface area contributed by atoms with E-state index in [1.165, 1.54) is 5.56 Å². The Bertz CT molecular complexity index is 1290. The third-order valence-corrected chi connectivity index (χ3v) is 10.2. The van der Waals surface area contributed by atoms with Gasteiger partial charge in [0.05, 0.1) is 5.75 Å². The topological polar surface area (TPSA) is 55.4 Å². The molecule has 0 aliphatic carbocycles. The summed E-state index contributed by atoms with van der Waals surface area (Å²) in [6.45, 7) is 0.718. The van der Waals surface area contributed by atoms with Gasteiger partial charge in [-0.1, -0.05) is 84.9 Å². The summed E-state index contributed by atoms with van der Waals surface area (Å²) >= 11 is 0. The van der Waals surface area contributed by atoms with Crippen molar-refractivity contribution < 1.29 is 13.2 Å². The Labute approximate surface area is 182 Å². The third kappa shape index (κ3) is 2.01. The third-order valence-electron chi connectivity index (χ3n) is 8.03. The van der Waals surface area contributed by atoms with Crippen molar-refractivity contribution in [2.45, 2.75) is 16.6 Å². The molecule has 3 aromatic carbocycles. The minimum atomic E-state index is -3.25. The molecule has 6 atom stereocenters. The van der Waals surface area contributed by atoms with Gasteiger partial charge in [0.25, 0.3) is 0 Å². The number of piperidine rings is 1. The van der Waals surface area contributed by atoms with Crippen LogP contribution in [-0.4, -0.2) is 26.1 Å². The molecule has 5 aliphatic rings. The Morgan fingerprint density at radius 3 is 1.81 bits per heavy atom. The zero-order valence-electron chi connectivity index (χ0n) is 16.9. The Morgan fingerprint density at radius 2 is 1.26 bits per heavy atom. The van der Waals surface area contributed by atoms with Crippen molar-refractivity contribution in [1.29, 1.82) is 0 Å². The van der Waals surface area contributed by atoms with Gasteiger partial charge in [-0.05, 0) is 28.2 Å². The van der Waals surface area contributed by atoms with Gasteiger partial charge in [0.2, 0.25) is 0 Å². The van der Waals surface area contributed by atoms with Crippen LogP contribution in [0, 0.1) is 17.8 Å². The van der Waals surface area contributed by atoms with Crippen LogP contribution in [0.25, 0.3) is 0 Å². The number of rotatable bonds is 2. The first kappa shape index (κ1) is 18.1. The molecule has 0 unspecified atom stereocenters. The maximum atomic E-state index is 13.3. The van der Waals surface area contributed by atoms with Crippen molar-refractivity contribution in [3.63, 3.8) is 0 Å². The second kappa shape index (κ2) is 5.85. The maximum Gasteiger partial charge on any atom is 0.166 e. The standard InChI is InChI=1S/C26H23NO3S/c28-31(29)16-17-15-27-24(31)23-22(17)25(18-9-3-1-4-10-18)20-13-7-8-14-21(20)26(23,30-25)19-11-5-2-6-12-19/h1-14,17,22-24,27H,15-16H2/t17-,22+,23+,24-,25+,26+/m1/s1. The molecule has 4 nitrogen and oxygen atoms in total. The molecule has 4 bridgehead atoms. The smallest absolute Gasteiger partial charge is 0.166 e. The Balaban J connectivity index is 1.61. The second-order valence-corrected chi connectivity index (χ2v) is 11.5. The minimum absolute atomic E-state index is 0.0131. The molecular formula is C26H23NO3S. The van der Waals surface area contributed by atoms with Crippen molar-refractivity contribution in [1.82, 2.24) is 5.32 Å². The number of benzene rings is 3. The van der Waals surface area contributed by atoms with Gasteiger partial charge in [0, 0.05) is 18.4 Å². The highest BCUT2D eigenvalue weighted by Gasteiger charge is 2.77. The summed E-state index contributed by atoms with van der Waals surface area (Å²) in [6, 6.07) is 29.1. The molecule has 1 N–H and O–H groups in total. The predicted molar refractivity (Wildman–Crippen MR) is 118 cm³/mol. The number of fused-ring (bicyclic) bond motifs is 7. The summed E-state index contributed by atoms with van der Waals surface area (Å²) < 4.78 is 33.8. The van der Waals surface area contributed by atoms with Crippen molar-refractivity contribution in [3.8, 4) is 0 Å². The Morgan fingerprint density at radius 1 is 0.742 bits per heavy atom. The van der Waals surface area contributed by atoms with Crippen LogP contribution in [0.5, 0.6) is 0 Å². The Hall–Kier alpha value is -2.47. The summed E-state index contributed by atoms with van der Waals surface area (Å²) in [5.41, 5.74) is 3.03. The van der Waals surface area contributed by atoms with Crippen LogP contribution in [0.2, 0.25) is 0 Å². The highest BCUT2D eigenvalue weighted by molar-refractivity contribution is 7.92. The largest absolute Gasteiger partial charge is 0.349 e. The first-order valence-corrected chi connectivity index (χ1v) is 12.7. The molecule has 4 fully saturated rings. The quantitative estimate of drug-likeness (QED) is 0.678. The van der Waals surface area contributed by atoms with Gasteiger partial charge in [-0.15, -0.1) is 0 Å². The van der Waals surface area contributed by atoms with E-state index in [4.69, 9.17) is 4.74 Å². The molecule has 5 heterocycles. The first-order chi connectivity index (χ1) is 15.1. The monoisotopic (exact) mass is 429 g/mol. The van der Waals surface area contributed by atoms with Gasteiger partial charge < -0.3 is 10.1 Å². The molecule has 3 aromatic rings. The molecule has 0 radical (unpaired) electrons. The zero-order chi connectivity index (χ0) is 20.8. The molecule has 0 aromatic heterocycles. The number of sulfone groups is 1. The van der Waals surface area contributed by atoms with Gasteiger partial charge in [-0.2, -0.15) is 0 Å². The number of hydrogen-bond acceptors (Lipinski definition) is 4. The highest BCUT2D eigenvalue weighted by Crippen LogP contribution is 2.72. The average Bonchev–Trinajstić information content (AvgIpc) is 3.31. The van der Waals surface area contributed by atoms with E-state index in [1.54, 1.807) is 0 Å². The zero-order valence-corrected chi connectivity index (χ0v) is 17.8. The molecule has 5 heteroatoms. The van der Waals surface area contributed by atoms with E-state index in [0.29, 0.717) is 0 Å². The maximum absolute atomic E-state index is 13.3. The van der Waals surface area contributed by atoms with E-state index < -0.39 is 26.4 Å². The molecule has 0 amide bonds. The minimum Gasteiger partial charge on any atom is -0.349 e. The fourth-order valence-corrected chi connectivity index (χ4v) is 9.43. The lowest BCUT2D eigenvalue weighted by Crippen LogP contribution is -2.67. The van der Waals surface area contributed by atoms with E-state index >= 15 is 0 Å². The van der Waals surface area contributed by atoms with Gasteiger partial charge in [0.15, 0.2) is 9.84 Å². The lowest BCUT2D eigenvalue weighted by atomic mass is 9.56. The van der Waals surface area contributed by atoms with Crippen LogP contribution in [0.1, 0.15) is 22.3 Å². The fourth-order valence-electron chi connectivity index (χ4n) is 7.14. The molecular weight excluding hydrogens is 406 g/mol. The van der Waals surface area contributed by atoms with Gasteiger partial charge >= 0.3 is 0 Å².